The van der Waals surface area contributed by atoms with E-state index in [1.54, 1.807) is 0 Å². The lowest BCUT2D eigenvalue weighted by Crippen LogP contribution is -2.38. The summed E-state index contributed by atoms with van der Waals surface area (Å²) in [6.07, 6.45) is 2.59. The van der Waals surface area contributed by atoms with Gasteiger partial charge in [-0.25, -0.2) is 4.79 Å². The van der Waals surface area contributed by atoms with Gasteiger partial charge in [0.1, 0.15) is 5.60 Å². The highest BCUT2D eigenvalue weighted by Gasteiger charge is 2.20. The Morgan fingerprint density at radius 2 is 2.00 bits per heavy atom. The highest BCUT2D eigenvalue weighted by molar-refractivity contribution is 5.86. The number of aromatic nitrogens is 1. The maximum Gasteiger partial charge on any atom is 0.407 e. The SMILES string of the molecule is CC(Cc1cn(C)c2cc3c(cc12)CNC3)NC(=O)OC(C)(C)C. The molecule has 1 aromatic heterocycles. The van der Waals surface area contributed by atoms with Gasteiger partial charge in [-0.3, -0.25) is 0 Å². The van der Waals surface area contributed by atoms with Gasteiger partial charge in [0, 0.05) is 43.3 Å². The van der Waals surface area contributed by atoms with Gasteiger partial charge < -0.3 is 19.9 Å². The summed E-state index contributed by atoms with van der Waals surface area (Å²) >= 11 is 0. The molecule has 5 nitrogen and oxygen atoms in total. The van der Waals surface area contributed by atoms with Crippen LogP contribution in [0.2, 0.25) is 0 Å². The zero-order valence-electron chi connectivity index (χ0n) is 15.2. The summed E-state index contributed by atoms with van der Waals surface area (Å²) in [5, 5.41) is 7.60. The van der Waals surface area contributed by atoms with E-state index in [4.69, 9.17) is 4.74 Å². The number of hydrogen-bond acceptors (Lipinski definition) is 3. The molecular formula is C19H27N3O2. The van der Waals surface area contributed by atoms with Crippen molar-refractivity contribution in [1.82, 2.24) is 15.2 Å². The van der Waals surface area contributed by atoms with Crippen LogP contribution in [-0.2, 0) is 31.3 Å². The molecule has 1 atom stereocenters. The maximum absolute atomic E-state index is 11.9. The minimum absolute atomic E-state index is 0.0110. The summed E-state index contributed by atoms with van der Waals surface area (Å²) in [5.74, 6) is 0. The van der Waals surface area contributed by atoms with Crippen LogP contribution in [0, 0.1) is 0 Å². The number of nitrogens with zero attached hydrogens (tertiary/aromatic N) is 1. The summed E-state index contributed by atoms with van der Waals surface area (Å²) in [6.45, 7) is 9.51. The first-order chi connectivity index (χ1) is 11.2. The van der Waals surface area contributed by atoms with Crippen LogP contribution < -0.4 is 10.6 Å². The Bertz CT molecular complexity index is 771. The molecule has 0 aliphatic carbocycles. The molecule has 1 aromatic carbocycles. The average Bonchev–Trinajstić information content (AvgIpc) is 3.00. The number of alkyl carbamates (subject to hydrolysis) is 1. The molecule has 130 valence electrons. The van der Waals surface area contributed by atoms with Crippen molar-refractivity contribution in [3.8, 4) is 0 Å². The van der Waals surface area contributed by atoms with E-state index in [1.165, 1.54) is 27.6 Å². The number of benzene rings is 1. The number of aryl methyl sites for hydroxylation is 1. The third-order valence-electron chi connectivity index (χ3n) is 4.31. The van der Waals surface area contributed by atoms with Crippen LogP contribution in [0.3, 0.4) is 0 Å². The number of rotatable bonds is 3. The molecule has 5 heteroatoms. The summed E-state index contributed by atoms with van der Waals surface area (Å²) in [6, 6.07) is 4.58. The number of carbonyl (C=O) groups excluding carboxylic acids is 1. The number of nitrogens with one attached hydrogen (secondary N) is 2. The quantitative estimate of drug-likeness (QED) is 0.909. The second-order valence-electron chi connectivity index (χ2n) is 7.76. The van der Waals surface area contributed by atoms with E-state index in [-0.39, 0.29) is 12.1 Å². The fraction of sp³-hybridized carbons (Fsp3) is 0.526. The Balaban J connectivity index is 1.76. The largest absolute Gasteiger partial charge is 0.444 e. The van der Waals surface area contributed by atoms with Gasteiger partial charge in [0.05, 0.1) is 0 Å². The summed E-state index contributed by atoms with van der Waals surface area (Å²) in [5.41, 5.74) is 4.79. The first kappa shape index (κ1) is 16.8. The molecule has 0 spiro atoms. The molecular weight excluding hydrogens is 302 g/mol. The van der Waals surface area contributed by atoms with Crippen LogP contribution >= 0.6 is 0 Å². The topological polar surface area (TPSA) is 55.3 Å². The van der Waals surface area contributed by atoms with Gasteiger partial charge >= 0.3 is 6.09 Å². The molecule has 1 aliphatic rings. The van der Waals surface area contributed by atoms with Crippen molar-refractivity contribution in [2.24, 2.45) is 7.05 Å². The smallest absolute Gasteiger partial charge is 0.407 e. The van der Waals surface area contributed by atoms with E-state index >= 15 is 0 Å². The Morgan fingerprint density at radius 3 is 2.67 bits per heavy atom. The first-order valence-corrected chi connectivity index (χ1v) is 8.53. The zero-order valence-corrected chi connectivity index (χ0v) is 15.2. The Hall–Kier alpha value is -2.01. The van der Waals surface area contributed by atoms with Gasteiger partial charge in [0.15, 0.2) is 0 Å². The molecule has 0 saturated heterocycles. The Kier molecular flexibility index (Phi) is 4.30. The second-order valence-corrected chi connectivity index (χ2v) is 7.76. The predicted molar refractivity (Wildman–Crippen MR) is 96.0 cm³/mol. The van der Waals surface area contributed by atoms with Crippen molar-refractivity contribution in [3.05, 3.63) is 35.0 Å². The highest BCUT2D eigenvalue weighted by atomic mass is 16.6. The van der Waals surface area contributed by atoms with Gasteiger partial charge in [0.2, 0.25) is 0 Å². The third-order valence-corrected chi connectivity index (χ3v) is 4.31. The van der Waals surface area contributed by atoms with Crippen molar-refractivity contribution in [2.75, 3.05) is 0 Å². The van der Waals surface area contributed by atoms with Crippen molar-refractivity contribution in [3.63, 3.8) is 0 Å². The summed E-state index contributed by atoms with van der Waals surface area (Å²) in [4.78, 5) is 11.9. The minimum atomic E-state index is -0.475. The summed E-state index contributed by atoms with van der Waals surface area (Å²) in [7, 11) is 2.08. The lowest BCUT2D eigenvalue weighted by atomic mass is 10.0. The van der Waals surface area contributed by atoms with Crippen molar-refractivity contribution < 1.29 is 9.53 Å². The molecule has 2 heterocycles. The molecule has 3 rings (SSSR count). The Labute approximate surface area is 143 Å². The molecule has 2 N–H and O–H groups in total. The van der Waals surface area contributed by atoms with Crippen molar-refractivity contribution in [2.45, 2.75) is 58.8 Å². The van der Waals surface area contributed by atoms with E-state index in [2.05, 4.69) is 40.6 Å². The van der Waals surface area contributed by atoms with Crippen LogP contribution in [0.4, 0.5) is 4.79 Å². The minimum Gasteiger partial charge on any atom is -0.444 e. The van der Waals surface area contributed by atoms with E-state index < -0.39 is 5.60 Å². The molecule has 2 aromatic rings. The molecule has 0 saturated carbocycles. The number of amides is 1. The second kappa shape index (κ2) is 6.13. The molecule has 0 fully saturated rings. The lowest BCUT2D eigenvalue weighted by molar-refractivity contribution is 0.0508. The molecule has 24 heavy (non-hydrogen) atoms. The number of ether oxygens (including phenoxy) is 1. The van der Waals surface area contributed by atoms with E-state index in [9.17, 15) is 4.79 Å². The van der Waals surface area contributed by atoms with Gasteiger partial charge in [-0.05, 0) is 62.9 Å². The molecule has 1 aliphatic heterocycles. The van der Waals surface area contributed by atoms with Crippen LogP contribution in [0.15, 0.2) is 18.3 Å². The molecule has 0 bridgehead atoms. The first-order valence-electron chi connectivity index (χ1n) is 8.53. The third kappa shape index (κ3) is 3.56. The van der Waals surface area contributed by atoms with Crippen LogP contribution in [0.1, 0.15) is 44.4 Å². The molecule has 0 radical (unpaired) electrons. The Morgan fingerprint density at radius 1 is 1.33 bits per heavy atom. The lowest BCUT2D eigenvalue weighted by Gasteiger charge is -2.21. The molecule has 1 amide bonds. The summed E-state index contributed by atoms with van der Waals surface area (Å²) < 4.78 is 7.51. The molecule has 1 unspecified atom stereocenters. The number of fused-ring (bicyclic) bond motifs is 2. The van der Waals surface area contributed by atoms with Gasteiger partial charge in [-0.15, -0.1) is 0 Å². The van der Waals surface area contributed by atoms with Gasteiger partial charge in [-0.2, -0.15) is 0 Å². The fourth-order valence-corrected chi connectivity index (χ4v) is 3.31. The van der Waals surface area contributed by atoms with E-state index in [0.717, 1.165) is 19.5 Å². The van der Waals surface area contributed by atoms with E-state index in [0.29, 0.717) is 0 Å². The zero-order chi connectivity index (χ0) is 17.5. The van der Waals surface area contributed by atoms with Crippen LogP contribution in [-0.4, -0.2) is 22.3 Å². The maximum atomic E-state index is 11.9. The van der Waals surface area contributed by atoms with Crippen molar-refractivity contribution in [1.29, 1.82) is 0 Å². The fourth-order valence-electron chi connectivity index (χ4n) is 3.31. The standard InChI is InChI=1S/C19H27N3O2/c1-12(21-18(23)24-19(2,3)4)6-15-11-22(5)17-8-14-10-20-9-13(14)7-16(15)17/h7-8,11-12,20H,6,9-10H2,1-5H3,(H,21,23). The number of hydrogen-bond donors (Lipinski definition) is 2. The monoisotopic (exact) mass is 329 g/mol. The highest BCUT2D eigenvalue weighted by Crippen LogP contribution is 2.28. The average molecular weight is 329 g/mol. The normalized spacial score (nSPS) is 15.4. The van der Waals surface area contributed by atoms with Gasteiger partial charge in [-0.1, -0.05) is 0 Å². The number of carbonyl (C=O) groups is 1. The van der Waals surface area contributed by atoms with Gasteiger partial charge in [0.25, 0.3) is 0 Å². The predicted octanol–water partition coefficient (Wildman–Crippen LogP) is 3.24. The van der Waals surface area contributed by atoms with Crippen molar-refractivity contribution >= 4 is 17.0 Å². The van der Waals surface area contributed by atoms with Crippen LogP contribution in [0.25, 0.3) is 10.9 Å². The van der Waals surface area contributed by atoms with E-state index in [1.807, 2.05) is 27.7 Å². The van der Waals surface area contributed by atoms with Crippen LogP contribution in [0.5, 0.6) is 0 Å².